The number of rotatable bonds is 12. The first-order valence-electron chi connectivity index (χ1n) is 11.7. The van der Waals surface area contributed by atoms with E-state index in [1.807, 2.05) is 4.90 Å². The monoisotopic (exact) mass is 411 g/mol. The molecule has 164 valence electrons. The third kappa shape index (κ3) is 6.57. The number of nitrogens with one attached hydrogen (secondary N) is 1. The van der Waals surface area contributed by atoms with Crippen molar-refractivity contribution in [3.8, 4) is 11.4 Å². The van der Waals surface area contributed by atoms with Crippen LogP contribution >= 0.6 is 0 Å². The van der Waals surface area contributed by atoms with Gasteiger partial charge in [0, 0.05) is 18.7 Å². The topological polar surface area (TPSA) is 92.0 Å². The second kappa shape index (κ2) is 11.7. The number of nitrogens with two attached hydrogens (primary N) is 1. The Labute approximate surface area is 180 Å². The average molecular weight is 412 g/mol. The molecule has 3 rings (SSSR count). The van der Waals surface area contributed by atoms with E-state index in [0.29, 0.717) is 18.3 Å². The van der Waals surface area contributed by atoms with Gasteiger partial charge in [0.25, 0.3) is 0 Å². The zero-order chi connectivity index (χ0) is 21.2. The lowest BCUT2D eigenvalue weighted by atomic mass is 10.0. The summed E-state index contributed by atoms with van der Waals surface area (Å²) in [5.41, 5.74) is 7.93. The molecule has 6 nitrogen and oxygen atoms in total. The molecule has 1 unspecified atom stereocenters. The highest BCUT2D eigenvalue weighted by Crippen LogP contribution is 2.27. The summed E-state index contributed by atoms with van der Waals surface area (Å²) < 4.78 is 5.50. The van der Waals surface area contributed by atoms with Crippen molar-refractivity contribution in [3.63, 3.8) is 0 Å². The minimum absolute atomic E-state index is 0.111. The summed E-state index contributed by atoms with van der Waals surface area (Å²) in [4.78, 5) is 6.44. The van der Waals surface area contributed by atoms with E-state index in [4.69, 9.17) is 15.7 Å². The second-order valence-electron chi connectivity index (χ2n) is 8.55. The van der Waals surface area contributed by atoms with Gasteiger partial charge in [-0.1, -0.05) is 87.7 Å². The van der Waals surface area contributed by atoms with Gasteiger partial charge in [0.15, 0.2) is 5.96 Å². The maximum Gasteiger partial charge on any atom is 0.231 e. The van der Waals surface area contributed by atoms with Crippen LogP contribution in [0.4, 0.5) is 0 Å². The van der Waals surface area contributed by atoms with E-state index < -0.39 is 0 Å². The predicted octanol–water partition coefficient (Wildman–Crippen LogP) is 5.49. The number of likely N-dealkylation sites (tertiary alicyclic amines) is 1. The number of aryl methyl sites for hydroxylation is 1. The highest BCUT2D eigenvalue weighted by Gasteiger charge is 2.29. The number of hydrogen-bond donors (Lipinski definition) is 2. The van der Waals surface area contributed by atoms with Crippen molar-refractivity contribution in [2.24, 2.45) is 5.73 Å². The zero-order valence-corrected chi connectivity index (χ0v) is 18.4. The third-order valence-electron chi connectivity index (χ3n) is 6.10. The van der Waals surface area contributed by atoms with Crippen molar-refractivity contribution in [2.75, 3.05) is 13.1 Å². The maximum absolute atomic E-state index is 7.55. The molecule has 0 bridgehead atoms. The SMILES string of the molecule is CCCCCCCCCCCc1ccc(-c2noc(C3CCN(C(=N)N)C3)n2)cc1. The van der Waals surface area contributed by atoms with Gasteiger partial charge in [-0.2, -0.15) is 4.98 Å². The maximum atomic E-state index is 7.55. The van der Waals surface area contributed by atoms with Gasteiger partial charge in [-0.3, -0.25) is 5.41 Å². The number of guanidine groups is 1. The van der Waals surface area contributed by atoms with Gasteiger partial charge < -0.3 is 15.2 Å². The Morgan fingerprint density at radius 1 is 1.07 bits per heavy atom. The molecule has 6 heteroatoms. The van der Waals surface area contributed by atoms with Crippen LogP contribution in [0.1, 0.15) is 88.5 Å². The van der Waals surface area contributed by atoms with Gasteiger partial charge >= 0.3 is 0 Å². The Bertz CT molecular complexity index is 770. The van der Waals surface area contributed by atoms with Gasteiger partial charge in [-0.15, -0.1) is 0 Å². The summed E-state index contributed by atoms with van der Waals surface area (Å²) in [6, 6.07) is 8.55. The first-order valence-corrected chi connectivity index (χ1v) is 11.7. The van der Waals surface area contributed by atoms with Crippen molar-refractivity contribution in [1.29, 1.82) is 5.41 Å². The van der Waals surface area contributed by atoms with Crippen LogP contribution < -0.4 is 5.73 Å². The molecule has 1 aliphatic rings. The fourth-order valence-corrected chi connectivity index (χ4v) is 4.16. The number of hydrogen-bond acceptors (Lipinski definition) is 4. The van der Waals surface area contributed by atoms with E-state index in [-0.39, 0.29) is 11.9 Å². The van der Waals surface area contributed by atoms with Gasteiger partial charge in [0.05, 0.1) is 5.92 Å². The summed E-state index contributed by atoms with van der Waals surface area (Å²) in [6.07, 6.45) is 14.3. The van der Waals surface area contributed by atoms with E-state index >= 15 is 0 Å². The lowest BCUT2D eigenvalue weighted by molar-refractivity contribution is 0.354. The van der Waals surface area contributed by atoms with E-state index in [0.717, 1.165) is 24.9 Å². The molecule has 2 heterocycles. The van der Waals surface area contributed by atoms with Crippen LogP contribution in [-0.2, 0) is 6.42 Å². The van der Waals surface area contributed by atoms with Crippen LogP contribution in [0.2, 0.25) is 0 Å². The first-order chi connectivity index (χ1) is 14.7. The van der Waals surface area contributed by atoms with Gasteiger partial charge in [0.1, 0.15) is 0 Å². The van der Waals surface area contributed by atoms with Crippen molar-refractivity contribution in [1.82, 2.24) is 15.0 Å². The van der Waals surface area contributed by atoms with E-state index in [9.17, 15) is 0 Å². The van der Waals surface area contributed by atoms with Gasteiger partial charge in [0.2, 0.25) is 11.7 Å². The standard InChI is InChI=1S/C24H37N5O/c1-2-3-4-5-6-7-8-9-10-11-19-12-14-20(15-13-19)22-27-23(30-28-22)21-16-17-29(18-21)24(25)26/h12-15,21H,2-11,16-18H2,1H3,(H3,25,26). The number of benzene rings is 1. The summed E-state index contributed by atoms with van der Waals surface area (Å²) in [6.45, 7) is 3.71. The molecule has 0 radical (unpaired) electrons. The lowest BCUT2D eigenvalue weighted by Gasteiger charge is -2.14. The van der Waals surface area contributed by atoms with Crippen LogP contribution in [0.3, 0.4) is 0 Å². The van der Waals surface area contributed by atoms with Gasteiger partial charge in [-0.25, -0.2) is 0 Å². The Morgan fingerprint density at radius 3 is 2.37 bits per heavy atom. The minimum Gasteiger partial charge on any atom is -0.370 e. The molecule has 1 saturated heterocycles. The molecule has 0 aliphatic carbocycles. The quantitative estimate of drug-likeness (QED) is 0.274. The number of nitrogens with zero attached hydrogens (tertiary/aromatic N) is 3. The third-order valence-corrected chi connectivity index (χ3v) is 6.10. The molecule has 1 atom stereocenters. The molecule has 30 heavy (non-hydrogen) atoms. The molecule has 1 aromatic carbocycles. The highest BCUT2D eigenvalue weighted by atomic mass is 16.5. The van der Waals surface area contributed by atoms with Crippen molar-refractivity contribution in [3.05, 3.63) is 35.7 Å². The molecule has 2 aromatic rings. The normalized spacial score (nSPS) is 16.3. The lowest BCUT2D eigenvalue weighted by Crippen LogP contribution is -2.34. The summed E-state index contributed by atoms with van der Waals surface area (Å²) >= 11 is 0. The predicted molar refractivity (Wildman–Crippen MR) is 122 cm³/mol. The zero-order valence-electron chi connectivity index (χ0n) is 18.4. The smallest absolute Gasteiger partial charge is 0.231 e. The fraction of sp³-hybridized carbons (Fsp3) is 0.625. The van der Waals surface area contributed by atoms with Crippen LogP contribution in [0.15, 0.2) is 28.8 Å². The molecule has 3 N–H and O–H groups in total. The van der Waals surface area contributed by atoms with E-state index in [2.05, 4.69) is 41.3 Å². The number of aromatic nitrogens is 2. The van der Waals surface area contributed by atoms with Crippen LogP contribution in [-0.4, -0.2) is 34.1 Å². The molecular weight excluding hydrogens is 374 g/mol. The van der Waals surface area contributed by atoms with Crippen LogP contribution in [0, 0.1) is 5.41 Å². The summed E-state index contributed by atoms with van der Waals surface area (Å²) in [7, 11) is 0. The summed E-state index contributed by atoms with van der Waals surface area (Å²) in [5, 5.41) is 11.7. The largest absolute Gasteiger partial charge is 0.370 e. The molecule has 0 amide bonds. The fourth-order valence-electron chi connectivity index (χ4n) is 4.16. The van der Waals surface area contributed by atoms with Gasteiger partial charge in [-0.05, 0) is 24.8 Å². The van der Waals surface area contributed by atoms with Crippen LogP contribution in [0.25, 0.3) is 11.4 Å². The molecular formula is C24H37N5O. The Kier molecular flexibility index (Phi) is 8.72. The Morgan fingerprint density at radius 2 is 1.73 bits per heavy atom. The number of unbranched alkanes of at least 4 members (excludes halogenated alkanes) is 8. The first kappa shape index (κ1) is 22.3. The van der Waals surface area contributed by atoms with Crippen molar-refractivity contribution < 1.29 is 4.52 Å². The highest BCUT2D eigenvalue weighted by molar-refractivity contribution is 5.75. The molecule has 1 aromatic heterocycles. The Hall–Kier alpha value is -2.37. The second-order valence-corrected chi connectivity index (χ2v) is 8.55. The summed E-state index contributed by atoms with van der Waals surface area (Å²) in [5.74, 6) is 1.55. The average Bonchev–Trinajstić information content (AvgIpc) is 3.43. The van der Waals surface area contributed by atoms with Crippen molar-refractivity contribution in [2.45, 2.75) is 83.5 Å². The molecule has 0 saturated carbocycles. The van der Waals surface area contributed by atoms with E-state index in [1.165, 1.54) is 63.4 Å². The van der Waals surface area contributed by atoms with Crippen LogP contribution in [0.5, 0.6) is 0 Å². The minimum atomic E-state index is 0.111. The molecule has 0 spiro atoms. The van der Waals surface area contributed by atoms with Crippen molar-refractivity contribution >= 4 is 5.96 Å². The molecule has 1 aliphatic heterocycles. The Balaban J connectivity index is 1.39. The van der Waals surface area contributed by atoms with E-state index in [1.54, 1.807) is 0 Å². The molecule has 1 fully saturated rings.